The van der Waals surface area contributed by atoms with E-state index < -0.39 is 17.7 Å². The van der Waals surface area contributed by atoms with E-state index in [9.17, 15) is 14.0 Å². The molecular weight excluding hydrogens is 314 g/mol. The van der Waals surface area contributed by atoms with E-state index in [1.54, 1.807) is 6.07 Å². The maximum absolute atomic E-state index is 13.2. The van der Waals surface area contributed by atoms with Gasteiger partial charge in [0.05, 0.1) is 6.07 Å². The highest BCUT2D eigenvalue weighted by Gasteiger charge is 2.14. The minimum absolute atomic E-state index is 0.403. The lowest BCUT2D eigenvalue weighted by molar-refractivity contribution is 0.623. The molecule has 1 unspecified atom stereocenters. The molecule has 0 amide bonds. The zero-order valence-electron chi connectivity index (χ0n) is 9.70. The summed E-state index contributed by atoms with van der Waals surface area (Å²) in [5.41, 5.74) is 0.925. The molecule has 0 aliphatic rings. The second kappa shape index (κ2) is 5.81. The van der Waals surface area contributed by atoms with Crippen molar-refractivity contribution in [3.63, 3.8) is 0 Å². The molecule has 0 aliphatic heterocycles. The summed E-state index contributed by atoms with van der Waals surface area (Å²) in [5.74, 6) is -0.834. The summed E-state index contributed by atoms with van der Waals surface area (Å²) in [6.07, 6.45) is 0. The van der Waals surface area contributed by atoms with Crippen LogP contribution in [0.25, 0.3) is 0 Å². The molecule has 5 heteroatoms. The average Bonchev–Trinajstić information content (AvgIpc) is 2.39. The van der Waals surface area contributed by atoms with Crippen LogP contribution in [-0.4, -0.2) is 0 Å². The van der Waals surface area contributed by atoms with Crippen molar-refractivity contribution in [1.82, 2.24) is 0 Å². The number of nitrogens with zero attached hydrogens (tertiary/aromatic N) is 1. The Labute approximate surface area is 117 Å². The molecule has 1 atom stereocenters. The van der Waals surface area contributed by atoms with Crippen LogP contribution in [0, 0.1) is 23.0 Å². The molecule has 0 bridgehead atoms. The first-order valence-electron chi connectivity index (χ1n) is 5.47. The molecule has 0 aromatic heterocycles. The predicted octanol–water partition coefficient (Wildman–Crippen LogP) is 4.40. The molecule has 0 saturated carbocycles. The number of nitriles is 1. The lowest BCUT2D eigenvalue weighted by Gasteiger charge is -2.15. The maximum Gasteiger partial charge on any atom is 0.141 e. The summed E-state index contributed by atoms with van der Waals surface area (Å²) in [5, 5.41) is 12.0. The Morgan fingerprint density at radius 2 is 1.84 bits per heavy atom. The SMILES string of the molecule is N#CC(Nc1cccc(F)c1)c1cc(F)ccc1Br. The first-order valence-corrected chi connectivity index (χ1v) is 6.26. The molecule has 0 heterocycles. The number of hydrogen-bond acceptors (Lipinski definition) is 2. The Morgan fingerprint density at radius 1 is 1.11 bits per heavy atom. The highest BCUT2D eigenvalue weighted by Crippen LogP contribution is 2.27. The fraction of sp³-hybridized carbons (Fsp3) is 0.0714. The number of anilines is 1. The van der Waals surface area contributed by atoms with Gasteiger partial charge in [0.15, 0.2) is 0 Å². The van der Waals surface area contributed by atoms with E-state index in [-0.39, 0.29) is 0 Å². The molecule has 96 valence electrons. The summed E-state index contributed by atoms with van der Waals surface area (Å²) in [6, 6.07) is 11.1. The van der Waals surface area contributed by atoms with Gasteiger partial charge in [0.1, 0.15) is 17.7 Å². The summed E-state index contributed by atoms with van der Waals surface area (Å²) < 4.78 is 26.9. The van der Waals surface area contributed by atoms with Crippen molar-refractivity contribution in [3.05, 3.63) is 64.1 Å². The first kappa shape index (κ1) is 13.5. The van der Waals surface area contributed by atoms with Crippen LogP contribution in [0.2, 0.25) is 0 Å². The van der Waals surface area contributed by atoms with E-state index in [0.717, 1.165) is 0 Å². The van der Waals surface area contributed by atoms with Gasteiger partial charge in [-0.2, -0.15) is 5.26 Å². The van der Waals surface area contributed by atoms with Gasteiger partial charge in [-0.15, -0.1) is 0 Å². The quantitative estimate of drug-likeness (QED) is 0.908. The van der Waals surface area contributed by atoms with E-state index in [1.807, 2.05) is 6.07 Å². The Kier molecular flexibility index (Phi) is 4.13. The van der Waals surface area contributed by atoms with Crippen LogP contribution < -0.4 is 5.32 Å². The normalized spacial score (nSPS) is 11.7. The van der Waals surface area contributed by atoms with Crippen LogP contribution in [0.3, 0.4) is 0 Å². The minimum atomic E-state index is -0.771. The minimum Gasteiger partial charge on any atom is -0.366 e. The number of benzene rings is 2. The van der Waals surface area contributed by atoms with Crippen molar-refractivity contribution in [2.75, 3.05) is 5.32 Å². The van der Waals surface area contributed by atoms with Gasteiger partial charge in [0.2, 0.25) is 0 Å². The second-order valence-corrected chi connectivity index (χ2v) is 4.74. The van der Waals surface area contributed by atoms with Crippen LogP contribution in [0.4, 0.5) is 14.5 Å². The highest BCUT2D eigenvalue weighted by molar-refractivity contribution is 9.10. The van der Waals surface area contributed by atoms with E-state index in [2.05, 4.69) is 21.2 Å². The van der Waals surface area contributed by atoms with Gasteiger partial charge in [-0.05, 0) is 36.4 Å². The number of halogens is 3. The van der Waals surface area contributed by atoms with E-state index in [0.29, 0.717) is 15.7 Å². The average molecular weight is 323 g/mol. The molecule has 0 fully saturated rings. The third kappa shape index (κ3) is 3.30. The molecule has 19 heavy (non-hydrogen) atoms. The smallest absolute Gasteiger partial charge is 0.141 e. The van der Waals surface area contributed by atoms with Crippen molar-refractivity contribution in [1.29, 1.82) is 5.26 Å². The first-order chi connectivity index (χ1) is 9.10. The van der Waals surface area contributed by atoms with Crippen molar-refractivity contribution in [3.8, 4) is 6.07 Å². The van der Waals surface area contributed by atoms with Crippen molar-refractivity contribution >= 4 is 21.6 Å². The van der Waals surface area contributed by atoms with Gasteiger partial charge in [0, 0.05) is 15.7 Å². The van der Waals surface area contributed by atoms with Crippen molar-refractivity contribution in [2.45, 2.75) is 6.04 Å². The topological polar surface area (TPSA) is 35.8 Å². The van der Waals surface area contributed by atoms with E-state index in [4.69, 9.17) is 0 Å². The molecule has 2 aromatic carbocycles. The number of hydrogen-bond donors (Lipinski definition) is 1. The van der Waals surface area contributed by atoms with E-state index >= 15 is 0 Å². The summed E-state index contributed by atoms with van der Waals surface area (Å²) in [7, 11) is 0. The van der Waals surface area contributed by atoms with Crippen molar-refractivity contribution in [2.24, 2.45) is 0 Å². The Balaban J connectivity index is 2.31. The Morgan fingerprint density at radius 3 is 2.53 bits per heavy atom. The second-order valence-electron chi connectivity index (χ2n) is 3.88. The third-order valence-electron chi connectivity index (χ3n) is 2.53. The lowest BCUT2D eigenvalue weighted by atomic mass is 10.1. The van der Waals surface area contributed by atoms with Crippen LogP contribution in [0.15, 0.2) is 46.9 Å². The van der Waals surface area contributed by atoms with Crippen LogP contribution in [0.5, 0.6) is 0 Å². The molecular formula is C14H9BrF2N2. The van der Waals surface area contributed by atoms with Gasteiger partial charge in [-0.3, -0.25) is 0 Å². The summed E-state index contributed by atoms with van der Waals surface area (Å²) >= 11 is 3.27. The zero-order valence-corrected chi connectivity index (χ0v) is 11.3. The monoisotopic (exact) mass is 322 g/mol. The van der Waals surface area contributed by atoms with Crippen LogP contribution in [-0.2, 0) is 0 Å². The summed E-state index contributed by atoms with van der Waals surface area (Å²) in [4.78, 5) is 0. The van der Waals surface area contributed by atoms with Gasteiger partial charge >= 0.3 is 0 Å². The zero-order chi connectivity index (χ0) is 13.8. The number of nitrogens with one attached hydrogen (secondary N) is 1. The molecule has 1 N–H and O–H groups in total. The van der Waals surface area contributed by atoms with Gasteiger partial charge in [-0.1, -0.05) is 22.0 Å². The standard InChI is InChI=1S/C14H9BrF2N2/c15-13-5-4-10(17)7-12(13)14(8-18)19-11-3-1-2-9(16)6-11/h1-7,14,19H. The molecule has 2 aromatic rings. The van der Waals surface area contributed by atoms with Crippen molar-refractivity contribution < 1.29 is 8.78 Å². The van der Waals surface area contributed by atoms with Crippen LogP contribution in [0.1, 0.15) is 11.6 Å². The van der Waals surface area contributed by atoms with Gasteiger partial charge in [-0.25, -0.2) is 8.78 Å². The van der Waals surface area contributed by atoms with Gasteiger partial charge < -0.3 is 5.32 Å². The molecule has 0 radical (unpaired) electrons. The predicted molar refractivity (Wildman–Crippen MR) is 72.5 cm³/mol. The molecule has 0 saturated heterocycles. The largest absolute Gasteiger partial charge is 0.366 e. The molecule has 0 aliphatic carbocycles. The molecule has 2 rings (SSSR count). The van der Waals surface area contributed by atoms with Gasteiger partial charge in [0.25, 0.3) is 0 Å². The lowest BCUT2D eigenvalue weighted by Crippen LogP contribution is -2.09. The number of rotatable bonds is 3. The van der Waals surface area contributed by atoms with E-state index in [1.165, 1.54) is 36.4 Å². The Hall–Kier alpha value is -1.93. The fourth-order valence-electron chi connectivity index (χ4n) is 1.66. The highest BCUT2D eigenvalue weighted by atomic mass is 79.9. The third-order valence-corrected chi connectivity index (χ3v) is 3.26. The molecule has 2 nitrogen and oxygen atoms in total. The summed E-state index contributed by atoms with van der Waals surface area (Å²) in [6.45, 7) is 0. The van der Waals surface area contributed by atoms with Crippen LogP contribution >= 0.6 is 15.9 Å². The fourth-order valence-corrected chi connectivity index (χ4v) is 2.14. The Bertz CT molecular complexity index is 638. The maximum atomic E-state index is 13.2. The molecule has 0 spiro atoms.